The van der Waals surface area contributed by atoms with E-state index in [0.717, 1.165) is 24.8 Å². The second-order valence-corrected chi connectivity index (χ2v) is 5.82. The van der Waals surface area contributed by atoms with E-state index in [4.69, 9.17) is 0 Å². The Labute approximate surface area is 105 Å². The van der Waals surface area contributed by atoms with E-state index < -0.39 is 5.60 Å². The van der Waals surface area contributed by atoms with Crippen molar-refractivity contribution in [3.63, 3.8) is 0 Å². The summed E-state index contributed by atoms with van der Waals surface area (Å²) < 4.78 is 0. The highest BCUT2D eigenvalue weighted by molar-refractivity contribution is 5.40. The highest BCUT2D eigenvalue weighted by atomic mass is 16.3. The van der Waals surface area contributed by atoms with Gasteiger partial charge < -0.3 is 5.11 Å². The maximum absolute atomic E-state index is 11.0. The Balaban J connectivity index is 2.48. The van der Waals surface area contributed by atoms with Crippen molar-refractivity contribution in [2.24, 2.45) is 5.92 Å². The van der Waals surface area contributed by atoms with Crippen molar-refractivity contribution in [3.8, 4) is 0 Å². The topological polar surface area (TPSA) is 20.2 Å². The van der Waals surface area contributed by atoms with Gasteiger partial charge in [-0.3, -0.25) is 0 Å². The molecule has 2 unspecified atom stereocenters. The molecular weight excluding hydrogens is 208 g/mol. The molecule has 1 nitrogen and oxygen atoms in total. The monoisotopic (exact) mass is 232 g/mol. The zero-order valence-corrected chi connectivity index (χ0v) is 11.5. The Morgan fingerprint density at radius 1 is 1.06 bits per heavy atom. The first-order chi connectivity index (χ1) is 7.95. The van der Waals surface area contributed by atoms with Crippen LogP contribution in [0.25, 0.3) is 0 Å². The van der Waals surface area contributed by atoms with Gasteiger partial charge in [-0.2, -0.15) is 0 Å². The van der Waals surface area contributed by atoms with Crippen LogP contribution in [-0.4, -0.2) is 5.11 Å². The molecule has 1 saturated carbocycles. The maximum Gasteiger partial charge on any atom is 0.0924 e. The molecule has 0 aliphatic heterocycles. The summed E-state index contributed by atoms with van der Waals surface area (Å²) in [7, 11) is 0. The summed E-state index contributed by atoms with van der Waals surface area (Å²) in [5.41, 5.74) is 4.41. The molecule has 1 aliphatic carbocycles. The number of hydrogen-bond acceptors (Lipinski definition) is 1. The predicted octanol–water partition coefficient (Wildman–Crippen LogP) is 4.01. The summed E-state index contributed by atoms with van der Waals surface area (Å²) in [6.45, 7) is 8.59. The number of benzene rings is 1. The number of aliphatic hydroxyl groups is 1. The Hall–Kier alpha value is -0.820. The van der Waals surface area contributed by atoms with Gasteiger partial charge in [-0.05, 0) is 61.8 Å². The van der Waals surface area contributed by atoms with Gasteiger partial charge in [-0.15, -0.1) is 0 Å². The van der Waals surface area contributed by atoms with E-state index in [1.807, 2.05) is 0 Å². The lowest BCUT2D eigenvalue weighted by Crippen LogP contribution is -2.37. The summed E-state index contributed by atoms with van der Waals surface area (Å²) in [4.78, 5) is 0. The van der Waals surface area contributed by atoms with Crippen LogP contribution in [0.15, 0.2) is 12.1 Å². The summed E-state index contributed by atoms with van der Waals surface area (Å²) in [6, 6.07) is 4.41. The summed E-state index contributed by atoms with van der Waals surface area (Å²) in [6.07, 6.45) is 4.46. The zero-order chi connectivity index (χ0) is 12.6. The summed E-state index contributed by atoms with van der Waals surface area (Å²) in [5.74, 6) is 0.372. The van der Waals surface area contributed by atoms with Crippen LogP contribution in [0.1, 0.15) is 54.9 Å². The average molecular weight is 232 g/mol. The minimum Gasteiger partial charge on any atom is -0.385 e. The van der Waals surface area contributed by atoms with Crippen molar-refractivity contribution in [2.45, 2.75) is 59.0 Å². The fourth-order valence-electron chi connectivity index (χ4n) is 3.16. The van der Waals surface area contributed by atoms with Gasteiger partial charge in [0.15, 0.2) is 0 Å². The molecule has 0 bridgehead atoms. The Morgan fingerprint density at radius 2 is 1.71 bits per heavy atom. The van der Waals surface area contributed by atoms with Gasteiger partial charge in [0.2, 0.25) is 0 Å². The molecule has 1 aromatic rings. The molecule has 94 valence electrons. The molecule has 2 rings (SSSR count). The third-order valence-corrected chi connectivity index (χ3v) is 4.57. The quantitative estimate of drug-likeness (QED) is 0.775. The molecule has 1 heteroatoms. The predicted molar refractivity (Wildman–Crippen MR) is 72.2 cm³/mol. The van der Waals surface area contributed by atoms with E-state index in [2.05, 4.69) is 39.8 Å². The maximum atomic E-state index is 11.0. The molecule has 1 fully saturated rings. The van der Waals surface area contributed by atoms with Gasteiger partial charge in [0, 0.05) is 0 Å². The third kappa shape index (κ3) is 2.13. The normalized spacial score (nSPS) is 29.4. The van der Waals surface area contributed by atoms with Crippen molar-refractivity contribution < 1.29 is 5.11 Å². The highest BCUT2D eigenvalue weighted by Crippen LogP contribution is 2.43. The first kappa shape index (κ1) is 12.6. The van der Waals surface area contributed by atoms with Crippen molar-refractivity contribution in [1.82, 2.24) is 0 Å². The molecule has 0 radical (unpaired) electrons. The Bertz CT molecular complexity index is 422. The summed E-state index contributed by atoms with van der Waals surface area (Å²) in [5, 5.41) is 11.0. The van der Waals surface area contributed by atoms with E-state index in [9.17, 15) is 5.11 Å². The fourth-order valence-corrected chi connectivity index (χ4v) is 3.16. The first-order valence-corrected chi connectivity index (χ1v) is 6.76. The van der Waals surface area contributed by atoms with Gasteiger partial charge in [0.1, 0.15) is 0 Å². The van der Waals surface area contributed by atoms with Crippen LogP contribution in [0, 0.1) is 26.7 Å². The molecule has 0 aromatic heterocycles. The largest absolute Gasteiger partial charge is 0.385 e. The fraction of sp³-hybridized carbons (Fsp3) is 0.625. The molecule has 0 amide bonds. The molecule has 1 N–H and O–H groups in total. The first-order valence-electron chi connectivity index (χ1n) is 6.76. The molecule has 0 spiro atoms. The average Bonchev–Trinajstić information content (AvgIpc) is 2.27. The van der Waals surface area contributed by atoms with Crippen molar-refractivity contribution in [1.29, 1.82) is 0 Å². The Kier molecular flexibility index (Phi) is 3.31. The molecule has 0 heterocycles. The van der Waals surface area contributed by atoms with Gasteiger partial charge in [-0.1, -0.05) is 31.9 Å². The molecule has 17 heavy (non-hydrogen) atoms. The van der Waals surface area contributed by atoms with Crippen LogP contribution in [0.3, 0.4) is 0 Å². The molecule has 0 saturated heterocycles. The Morgan fingerprint density at radius 3 is 2.35 bits per heavy atom. The minimum absolute atomic E-state index is 0.372. The molecular formula is C16H24O. The summed E-state index contributed by atoms with van der Waals surface area (Å²) >= 11 is 0. The SMILES string of the molecule is Cc1cc(C)c(C2(O)CCCCC2C)cc1C. The third-order valence-electron chi connectivity index (χ3n) is 4.57. The van der Waals surface area contributed by atoms with Crippen molar-refractivity contribution in [2.75, 3.05) is 0 Å². The van der Waals surface area contributed by atoms with Gasteiger partial charge >= 0.3 is 0 Å². The van der Waals surface area contributed by atoms with E-state index >= 15 is 0 Å². The second-order valence-electron chi connectivity index (χ2n) is 5.82. The highest BCUT2D eigenvalue weighted by Gasteiger charge is 2.38. The zero-order valence-electron chi connectivity index (χ0n) is 11.5. The molecule has 1 aromatic carbocycles. The van der Waals surface area contributed by atoms with Crippen molar-refractivity contribution in [3.05, 3.63) is 34.4 Å². The second kappa shape index (κ2) is 4.45. The van der Waals surface area contributed by atoms with Gasteiger partial charge in [-0.25, -0.2) is 0 Å². The van der Waals surface area contributed by atoms with E-state index in [0.29, 0.717) is 5.92 Å². The van der Waals surface area contributed by atoms with Crippen molar-refractivity contribution >= 4 is 0 Å². The lowest BCUT2D eigenvalue weighted by atomic mass is 9.71. The van der Waals surface area contributed by atoms with Crippen LogP contribution in [0.2, 0.25) is 0 Å². The smallest absolute Gasteiger partial charge is 0.0924 e. The lowest BCUT2D eigenvalue weighted by Gasteiger charge is -2.40. The van der Waals surface area contributed by atoms with Crippen LogP contribution in [0.4, 0.5) is 0 Å². The minimum atomic E-state index is -0.596. The van der Waals surface area contributed by atoms with Gasteiger partial charge in [0.25, 0.3) is 0 Å². The van der Waals surface area contributed by atoms with E-state index in [1.165, 1.54) is 23.1 Å². The van der Waals surface area contributed by atoms with Gasteiger partial charge in [0.05, 0.1) is 5.60 Å². The number of hydrogen-bond donors (Lipinski definition) is 1. The standard InChI is InChI=1S/C16H24O/c1-11-9-13(3)15(10-12(11)2)16(17)8-6-5-7-14(16)4/h9-10,14,17H,5-8H2,1-4H3. The van der Waals surface area contributed by atoms with Crippen LogP contribution in [0.5, 0.6) is 0 Å². The van der Waals surface area contributed by atoms with E-state index in [1.54, 1.807) is 0 Å². The lowest BCUT2D eigenvalue weighted by molar-refractivity contribution is -0.0475. The van der Waals surface area contributed by atoms with E-state index in [-0.39, 0.29) is 0 Å². The van der Waals surface area contributed by atoms with Crippen LogP contribution < -0.4 is 0 Å². The molecule has 2 atom stereocenters. The molecule has 1 aliphatic rings. The van der Waals surface area contributed by atoms with Crippen LogP contribution in [-0.2, 0) is 5.60 Å². The number of rotatable bonds is 1. The number of aryl methyl sites for hydroxylation is 3. The van der Waals surface area contributed by atoms with Crippen LogP contribution >= 0.6 is 0 Å².